The average molecular weight is 480 g/mol. The molecule has 2 fully saturated rings. The first-order chi connectivity index (χ1) is 16.9. The highest BCUT2D eigenvalue weighted by Gasteiger charge is 2.29. The van der Waals surface area contributed by atoms with Gasteiger partial charge in [-0.05, 0) is 55.5 Å². The number of rotatable bonds is 6. The Hall–Kier alpha value is -3.40. The van der Waals surface area contributed by atoms with Gasteiger partial charge in [-0.3, -0.25) is 9.69 Å². The second-order valence-electron chi connectivity index (χ2n) is 9.52. The second-order valence-corrected chi connectivity index (χ2v) is 9.52. The minimum atomic E-state index is -0.231. The van der Waals surface area contributed by atoms with Crippen molar-refractivity contribution in [1.82, 2.24) is 29.2 Å². The summed E-state index contributed by atoms with van der Waals surface area (Å²) < 4.78 is 8.63. The van der Waals surface area contributed by atoms with Crippen LogP contribution in [0, 0.1) is 0 Å². The van der Waals surface area contributed by atoms with Gasteiger partial charge in [-0.2, -0.15) is 4.52 Å². The third-order valence-corrected chi connectivity index (χ3v) is 7.33. The molecule has 10 heteroatoms. The van der Waals surface area contributed by atoms with Crippen molar-refractivity contribution in [2.75, 3.05) is 51.3 Å². The molecule has 4 heterocycles. The maximum absolute atomic E-state index is 12.2. The molecule has 0 N–H and O–H groups in total. The maximum Gasteiger partial charge on any atom is 0.366 e. The average Bonchev–Trinajstić information content (AvgIpc) is 3.17. The topological polar surface area (TPSA) is 88.2 Å². The molecule has 0 bridgehead atoms. The lowest BCUT2D eigenvalue weighted by Crippen LogP contribution is -2.55. The molecule has 0 saturated carbocycles. The lowest BCUT2D eigenvalue weighted by Gasteiger charge is -2.37. The molecule has 3 aromatic rings. The van der Waals surface area contributed by atoms with Gasteiger partial charge in [0.25, 0.3) is 0 Å². The van der Waals surface area contributed by atoms with E-state index >= 15 is 0 Å². The number of fused-ring (bicyclic) bond motifs is 1. The number of nitrogens with zero attached hydrogens (tertiary/aromatic N) is 7. The molecule has 1 amide bonds. The molecule has 1 atom stereocenters. The van der Waals surface area contributed by atoms with E-state index in [1.54, 1.807) is 11.9 Å². The van der Waals surface area contributed by atoms with Gasteiger partial charge in [-0.15, -0.1) is 10.2 Å². The zero-order valence-electron chi connectivity index (χ0n) is 20.6. The van der Waals surface area contributed by atoms with Crippen LogP contribution < -0.4 is 15.3 Å². The molecule has 186 valence electrons. The third kappa shape index (κ3) is 4.75. The number of carbonyl (C=O) groups is 1. The Balaban J connectivity index is 1.12. The number of hydrogen-bond acceptors (Lipinski definition) is 7. The summed E-state index contributed by atoms with van der Waals surface area (Å²) in [7, 11) is 3.49. The number of aryl methyl sites for hydroxylation is 1. The van der Waals surface area contributed by atoms with Crippen LogP contribution in [0.3, 0.4) is 0 Å². The molecule has 2 aliphatic rings. The molecule has 0 spiro atoms. The fourth-order valence-electron chi connectivity index (χ4n) is 5.05. The molecular formula is C25H33N7O3. The quantitative estimate of drug-likeness (QED) is 0.527. The molecule has 2 saturated heterocycles. The highest BCUT2D eigenvalue weighted by atomic mass is 16.5. The first kappa shape index (κ1) is 23.3. The summed E-state index contributed by atoms with van der Waals surface area (Å²) in [6.45, 7) is 6.69. The monoisotopic (exact) mass is 479 g/mol. The number of amides is 1. The fourth-order valence-corrected chi connectivity index (χ4v) is 5.05. The maximum atomic E-state index is 12.2. The number of benzene rings is 1. The van der Waals surface area contributed by atoms with Crippen LogP contribution in [0.25, 0.3) is 5.65 Å². The van der Waals surface area contributed by atoms with Crippen LogP contribution in [0.1, 0.15) is 31.2 Å². The Morgan fingerprint density at radius 2 is 1.69 bits per heavy atom. The van der Waals surface area contributed by atoms with E-state index in [0.29, 0.717) is 18.2 Å². The summed E-state index contributed by atoms with van der Waals surface area (Å²) >= 11 is 0. The molecule has 5 rings (SSSR count). The van der Waals surface area contributed by atoms with Crippen molar-refractivity contribution in [3.05, 3.63) is 52.4 Å². The fraction of sp³-hybridized carbons (Fsp3) is 0.520. The molecule has 1 aromatic carbocycles. The van der Waals surface area contributed by atoms with Crippen LogP contribution in [0.4, 0.5) is 5.82 Å². The zero-order valence-corrected chi connectivity index (χ0v) is 20.6. The predicted molar refractivity (Wildman–Crippen MR) is 133 cm³/mol. The summed E-state index contributed by atoms with van der Waals surface area (Å²) in [5.41, 5.74) is 1.65. The lowest BCUT2D eigenvalue weighted by atomic mass is 9.89. The normalized spacial score (nSPS) is 20.1. The van der Waals surface area contributed by atoms with E-state index in [1.165, 1.54) is 14.8 Å². The standard InChI is InChI=1S/C25H33N7O3/c1-18-24(33)28(2)14-15-30(18)16-17-35-21-6-4-19(5-7-21)20-10-12-31(13-11-20)22-8-9-23-26-29(3)25(34)32(23)27-22/h4-9,18,20H,10-17H2,1-3H3/t18-/m0/s1. The molecule has 10 nitrogen and oxygen atoms in total. The third-order valence-electron chi connectivity index (χ3n) is 7.33. The number of aromatic nitrogens is 4. The summed E-state index contributed by atoms with van der Waals surface area (Å²) in [5.74, 6) is 2.33. The zero-order chi connectivity index (χ0) is 24.5. The van der Waals surface area contributed by atoms with Crippen LogP contribution >= 0.6 is 0 Å². The minimum absolute atomic E-state index is 0.0898. The van der Waals surface area contributed by atoms with Crippen molar-refractivity contribution in [3.8, 4) is 5.75 Å². The first-order valence-electron chi connectivity index (χ1n) is 12.3. The molecule has 35 heavy (non-hydrogen) atoms. The van der Waals surface area contributed by atoms with Crippen LogP contribution in [0.2, 0.25) is 0 Å². The van der Waals surface area contributed by atoms with Crippen LogP contribution in [-0.2, 0) is 11.8 Å². The summed E-state index contributed by atoms with van der Waals surface area (Å²) in [6, 6.07) is 12.1. The van der Waals surface area contributed by atoms with Crippen molar-refractivity contribution >= 4 is 17.4 Å². The van der Waals surface area contributed by atoms with E-state index in [0.717, 1.165) is 57.1 Å². The number of anilines is 1. The Morgan fingerprint density at radius 1 is 0.943 bits per heavy atom. The molecule has 0 unspecified atom stereocenters. The van der Waals surface area contributed by atoms with Gasteiger partial charge in [0.1, 0.15) is 18.2 Å². The van der Waals surface area contributed by atoms with Crippen molar-refractivity contribution in [2.45, 2.75) is 31.7 Å². The van der Waals surface area contributed by atoms with Gasteiger partial charge in [-0.25, -0.2) is 9.48 Å². The van der Waals surface area contributed by atoms with Gasteiger partial charge >= 0.3 is 5.69 Å². The van der Waals surface area contributed by atoms with Crippen molar-refractivity contribution in [3.63, 3.8) is 0 Å². The Kier molecular flexibility index (Phi) is 6.46. The van der Waals surface area contributed by atoms with E-state index in [2.05, 4.69) is 32.1 Å². The smallest absolute Gasteiger partial charge is 0.366 e. The summed E-state index contributed by atoms with van der Waals surface area (Å²) in [4.78, 5) is 30.5. The van der Waals surface area contributed by atoms with Gasteiger partial charge in [0.05, 0.1) is 6.04 Å². The Bertz CT molecular complexity index is 1240. The molecule has 0 aliphatic carbocycles. The van der Waals surface area contributed by atoms with E-state index in [-0.39, 0.29) is 17.6 Å². The van der Waals surface area contributed by atoms with Gasteiger partial charge in [0.15, 0.2) is 5.65 Å². The van der Waals surface area contributed by atoms with Crippen LogP contribution in [0.15, 0.2) is 41.2 Å². The van der Waals surface area contributed by atoms with Gasteiger partial charge in [0, 0.05) is 46.8 Å². The molecule has 0 radical (unpaired) electrons. The van der Waals surface area contributed by atoms with Gasteiger partial charge < -0.3 is 14.5 Å². The van der Waals surface area contributed by atoms with Crippen LogP contribution in [0.5, 0.6) is 5.75 Å². The van der Waals surface area contributed by atoms with Gasteiger partial charge in [0.2, 0.25) is 5.91 Å². The van der Waals surface area contributed by atoms with Crippen LogP contribution in [-0.4, -0.2) is 87.5 Å². The molecule has 2 aromatic heterocycles. The highest BCUT2D eigenvalue weighted by molar-refractivity contribution is 5.81. The number of piperazine rings is 1. The first-order valence-corrected chi connectivity index (χ1v) is 12.3. The van der Waals surface area contributed by atoms with Crippen molar-refractivity contribution in [2.24, 2.45) is 7.05 Å². The number of likely N-dealkylation sites (N-methyl/N-ethyl adjacent to an activating group) is 1. The summed E-state index contributed by atoms with van der Waals surface area (Å²) in [6.07, 6.45) is 2.05. The summed E-state index contributed by atoms with van der Waals surface area (Å²) in [5, 5.41) is 8.68. The minimum Gasteiger partial charge on any atom is -0.492 e. The predicted octanol–water partition coefficient (Wildman–Crippen LogP) is 1.35. The Morgan fingerprint density at radius 3 is 2.43 bits per heavy atom. The van der Waals surface area contributed by atoms with Crippen molar-refractivity contribution < 1.29 is 9.53 Å². The molecular weight excluding hydrogens is 446 g/mol. The van der Waals surface area contributed by atoms with E-state index in [4.69, 9.17) is 4.74 Å². The van der Waals surface area contributed by atoms with E-state index in [1.807, 2.05) is 38.2 Å². The lowest BCUT2D eigenvalue weighted by molar-refractivity contribution is -0.139. The number of carbonyl (C=O) groups excluding carboxylic acids is 1. The Labute approximate surface area is 204 Å². The van der Waals surface area contributed by atoms with Gasteiger partial charge in [-0.1, -0.05) is 12.1 Å². The van der Waals surface area contributed by atoms with E-state index < -0.39 is 0 Å². The molecule has 2 aliphatic heterocycles. The second kappa shape index (κ2) is 9.69. The largest absolute Gasteiger partial charge is 0.492 e. The highest BCUT2D eigenvalue weighted by Crippen LogP contribution is 2.30. The number of hydrogen-bond donors (Lipinski definition) is 0. The SMILES string of the molecule is C[C@H]1C(=O)N(C)CCN1CCOc1ccc(C2CCN(c3ccc4nn(C)c(=O)n4n3)CC2)cc1. The number of ether oxygens (including phenoxy) is 1. The van der Waals surface area contributed by atoms with Crippen molar-refractivity contribution in [1.29, 1.82) is 0 Å². The van der Waals surface area contributed by atoms with E-state index in [9.17, 15) is 9.59 Å². The number of piperidine rings is 1.